The van der Waals surface area contributed by atoms with E-state index in [4.69, 9.17) is 16.3 Å². The van der Waals surface area contributed by atoms with Gasteiger partial charge in [0.15, 0.2) is 6.61 Å². The van der Waals surface area contributed by atoms with Crippen LogP contribution in [-0.4, -0.2) is 44.8 Å². The van der Waals surface area contributed by atoms with E-state index in [0.29, 0.717) is 12.8 Å². The Morgan fingerprint density at radius 1 is 1.32 bits per heavy atom. The number of ether oxygens (including phenoxy) is 1. The number of amides is 2. The summed E-state index contributed by atoms with van der Waals surface area (Å²) in [6.07, 6.45) is -3.25. The lowest BCUT2D eigenvalue weighted by Gasteiger charge is -2.17. The molecule has 1 aromatic carbocycles. The molecule has 1 heterocycles. The molecule has 0 bridgehead atoms. The van der Waals surface area contributed by atoms with Crippen LogP contribution in [0.3, 0.4) is 0 Å². The van der Waals surface area contributed by atoms with Crippen molar-refractivity contribution in [3.8, 4) is 5.75 Å². The van der Waals surface area contributed by atoms with Crippen molar-refractivity contribution in [3.63, 3.8) is 0 Å². The van der Waals surface area contributed by atoms with Crippen LogP contribution in [-0.2, 0) is 11.8 Å². The van der Waals surface area contributed by atoms with E-state index in [1.165, 1.54) is 17.8 Å². The maximum atomic E-state index is 12.5. The molecular formula is C15H14ClF3N6O3. The van der Waals surface area contributed by atoms with Gasteiger partial charge < -0.3 is 10.1 Å². The largest absolute Gasteiger partial charge is 0.482 e. The Morgan fingerprint density at radius 3 is 2.61 bits per heavy atom. The standard InChI is InChI=1S/C15H14ClF3N6O3/c1-25-14(22-23-24-25)21-13(27)8-4-5-9(28-6-15(17,18)19)11(10(8)16)20-12(26)7-2-3-7/h4-5,7H,2-3,6H2,1H3,(H,20,26)(H,21,22,24,27). The van der Waals surface area contributed by atoms with Crippen LogP contribution in [0.1, 0.15) is 23.2 Å². The zero-order valence-corrected chi connectivity index (χ0v) is 15.1. The van der Waals surface area contributed by atoms with Crippen molar-refractivity contribution in [1.29, 1.82) is 0 Å². The monoisotopic (exact) mass is 418 g/mol. The molecule has 0 saturated heterocycles. The Kier molecular flexibility index (Phi) is 5.40. The summed E-state index contributed by atoms with van der Waals surface area (Å²) in [6.45, 7) is -1.58. The van der Waals surface area contributed by atoms with Crippen LogP contribution in [0.2, 0.25) is 5.02 Å². The topological polar surface area (TPSA) is 111 Å². The molecule has 0 spiro atoms. The molecule has 13 heteroatoms. The first kappa shape index (κ1) is 19.9. The van der Waals surface area contributed by atoms with Gasteiger partial charge in [0.2, 0.25) is 11.9 Å². The van der Waals surface area contributed by atoms with Gasteiger partial charge in [-0.3, -0.25) is 14.9 Å². The molecule has 0 radical (unpaired) electrons. The van der Waals surface area contributed by atoms with Gasteiger partial charge in [0.05, 0.1) is 10.6 Å². The second-order valence-electron chi connectivity index (χ2n) is 6.05. The summed E-state index contributed by atoms with van der Waals surface area (Å²) in [5, 5.41) is 15.1. The maximum Gasteiger partial charge on any atom is 0.422 e. The molecule has 1 saturated carbocycles. The van der Waals surface area contributed by atoms with Gasteiger partial charge in [0.25, 0.3) is 5.91 Å². The van der Waals surface area contributed by atoms with E-state index >= 15 is 0 Å². The Morgan fingerprint density at radius 2 is 2.04 bits per heavy atom. The number of nitrogens with one attached hydrogen (secondary N) is 2. The average molecular weight is 419 g/mol. The molecule has 0 atom stereocenters. The molecule has 1 aliphatic rings. The molecule has 0 unspecified atom stereocenters. The number of benzene rings is 1. The molecule has 150 valence electrons. The molecule has 1 fully saturated rings. The fraction of sp³-hybridized carbons (Fsp3) is 0.400. The first-order valence-electron chi connectivity index (χ1n) is 8.02. The molecular weight excluding hydrogens is 405 g/mol. The van der Waals surface area contributed by atoms with Crippen molar-refractivity contribution in [3.05, 3.63) is 22.7 Å². The number of halogens is 4. The maximum absolute atomic E-state index is 12.5. The number of alkyl halides is 3. The van der Waals surface area contributed by atoms with Gasteiger partial charge in [0, 0.05) is 13.0 Å². The third-order valence-electron chi connectivity index (χ3n) is 3.78. The number of rotatable bonds is 6. The van der Waals surface area contributed by atoms with Crippen molar-refractivity contribution in [2.45, 2.75) is 19.0 Å². The summed E-state index contributed by atoms with van der Waals surface area (Å²) in [5.74, 6) is -1.63. The van der Waals surface area contributed by atoms with Gasteiger partial charge >= 0.3 is 6.18 Å². The lowest BCUT2D eigenvalue weighted by atomic mass is 10.1. The number of hydrogen-bond acceptors (Lipinski definition) is 6. The van der Waals surface area contributed by atoms with Crippen LogP contribution in [0.15, 0.2) is 12.1 Å². The predicted molar refractivity (Wildman–Crippen MR) is 91.1 cm³/mol. The lowest BCUT2D eigenvalue weighted by molar-refractivity contribution is -0.153. The summed E-state index contributed by atoms with van der Waals surface area (Å²) in [7, 11) is 1.49. The van der Waals surface area contributed by atoms with E-state index in [2.05, 4.69) is 26.2 Å². The molecule has 28 heavy (non-hydrogen) atoms. The third-order valence-corrected chi connectivity index (χ3v) is 4.17. The van der Waals surface area contributed by atoms with Gasteiger partial charge in [-0.1, -0.05) is 16.7 Å². The minimum atomic E-state index is -4.58. The van der Waals surface area contributed by atoms with E-state index in [1.807, 2.05) is 0 Å². The average Bonchev–Trinajstić information content (AvgIpc) is 3.39. The molecule has 1 aromatic heterocycles. The van der Waals surface area contributed by atoms with Gasteiger partial charge in [-0.05, 0) is 35.4 Å². The Balaban J connectivity index is 1.89. The van der Waals surface area contributed by atoms with Crippen molar-refractivity contribution in [2.24, 2.45) is 13.0 Å². The third kappa shape index (κ3) is 4.68. The number of anilines is 2. The molecule has 0 aliphatic heterocycles. The smallest absolute Gasteiger partial charge is 0.422 e. The first-order valence-corrected chi connectivity index (χ1v) is 8.40. The van der Waals surface area contributed by atoms with E-state index < -0.39 is 24.6 Å². The summed E-state index contributed by atoms with van der Waals surface area (Å²) in [4.78, 5) is 24.5. The number of tetrazole rings is 1. The number of hydrogen-bond donors (Lipinski definition) is 2. The van der Waals surface area contributed by atoms with Crippen molar-refractivity contribution in [1.82, 2.24) is 20.2 Å². The first-order chi connectivity index (χ1) is 13.2. The number of aromatic nitrogens is 4. The van der Waals surface area contributed by atoms with E-state index in [9.17, 15) is 22.8 Å². The van der Waals surface area contributed by atoms with Gasteiger partial charge in [-0.15, -0.1) is 0 Å². The zero-order chi connectivity index (χ0) is 20.5. The Bertz CT molecular complexity index is 913. The lowest BCUT2D eigenvalue weighted by Crippen LogP contribution is -2.22. The summed E-state index contributed by atoms with van der Waals surface area (Å²) < 4.78 is 43.4. The van der Waals surface area contributed by atoms with Crippen LogP contribution in [0.25, 0.3) is 0 Å². The van der Waals surface area contributed by atoms with Crippen molar-refractivity contribution < 1.29 is 27.5 Å². The number of carbonyl (C=O) groups is 2. The molecule has 1 aliphatic carbocycles. The summed E-state index contributed by atoms with van der Waals surface area (Å²) in [5.41, 5.74) is -0.304. The predicted octanol–water partition coefficient (Wildman–Crippen LogP) is 2.41. The van der Waals surface area contributed by atoms with Gasteiger partial charge in [0.1, 0.15) is 11.4 Å². The second kappa shape index (κ2) is 7.62. The van der Waals surface area contributed by atoms with Crippen LogP contribution in [0.5, 0.6) is 5.75 Å². The summed E-state index contributed by atoms with van der Waals surface area (Å²) >= 11 is 6.21. The normalized spacial score (nSPS) is 13.9. The molecule has 2 N–H and O–H groups in total. The number of aryl methyl sites for hydroxylation is 1. The van der Waals surface area contributed by atoms with Gasteiger partial charge in [-0.2, -0.15) is 13.2 Å². The van der Waals surface area contributed by atoms with Crippen molar-refractivity contribution in [2.75, 3.05) is 17.2 Å². The zero-order valence-electron chi connectivity index (χ0n) is 14.4. The molecule has 9 nitrogen and oxygen atoms in total. The molecule has 3 rings (SSSR count). The van der Waals surface area contributed by atoms with Crippen LogP contribution in [0.4, 0.5) is 24.8 Å². The fourth-order valence-corrected chi connectivity index (χ4v) is 2.49. The summed E-state index contributed by atoms with van der Waals surface area (Å²) in [6, 6.07) is 2.31. The van der Waals surface area contributed by atoms with Crippen LogP contribution >= 0.6 is 11.6 Å². The van der Waals surface area contributed by atoms with E-state index in [0.717, 1.165) is 6.07 Å². The Labute approximate surface area is 161 Å². The highest BCUT2D eigenvalue weighted by Gasteiger charge is 2.33. The highest BCUT2D eigenvalue weighted by molar-refractivity contribution is 6.37. The SMILES string of the molecule is Cn1nnnc1NC(=O)c1ccc(OCC(F)(F)F)c(NC(=O)C2CC2)c1Cl. The minimum Gasteiger partial charge on any atom is -0.482 e. The Hall–Kier alpha value is -2.89. The molecule has 2 amide bonds. The van der Waals surface area contributed by atoms with E-state index in [1.54, 1.807) is 0 Å². The highest BCUT2D eigenvalue weighted by Crippen LogP contribution is 2.38. The quantitative estimate of drug-likeness (QED) is 0.745. The van der Waals surface area contributed by atoms with Gasteiger partial charge in [-0.25, -0.2) is 4.68 Å². The number of nitrogens with zero attached hydrogens (tertiary/aromatic N) is 4. The highest BCUT2D eigenvalue weighted by atomic mass is 35.5. The van der Waals surface area contributed by atoms with Crippen molar-refractivity contribution >= 4 is 35.1 Å². The van der Waals surface area contributed by atoms with Crippen LogP contribution in [0, 0.1) is 5.92 Å². The minimum absolute atomic E-state index is 0.0297. The molecule has 2 aromatic rings. The van der Waals surface area contributed by atoms with E-state index in [-0.39, 0.29) is 33.9 Å². The van der Waals surface area contributed by atoms with Crippen LogP contribution < -0.4 is 15.4 Å². The number of carbonyl (C=O) groups excluding carboxylic acids is 2. The fourth-order valence-electron chi connectivity index (χ4n) is 2.21. The second-order valence-corrected chi connectivity index (χ2v) is 6.43.